The predicted octanol–water partition coefficient (Wildman–Crippen LogP) is 15.1. The summed E-state index contributed by atoms with van der Waals surface area (Å²) in [5.41, 5.74) is 0. The third-order valence-corrected chi connectivity index (χ3v) is 11.1. The largest absolute Gasteiger partial charge is 0.391 e. The normalized spacial score (nSPS) is 12.1. The number of carbonyl (C=O) groups is 2. The molecule has 0 heterocycles. The van der Waals surface area contributed by atoms with Gasteiger partial charge in [-0.25, -0.2) is 0 Å². The number of unbranched alkanes of at least 4 members (excludes halogenated alkanes) is 34. The highest BCUT2D eigenvalue weighted by atomic mass is 16.3. The lowest BCUT2D eigenvalue weighted by Gasteiger charge is -2.12. The number of nitrogens with one attached hydrogen (secondary N) is 1. The molecule has 0 saturated carbocycles. The molecule has 1 amide bonds. The Bertz CT molecular complexity index is 695. The summed E-state index contributed by atoms with van der Waals surface area (Å²) in [5.74, 6) is 0.597. The number of aliphatic hydroxyl groups is 1. The first-order chi connectivity index (χ1) is 25.1. The van der Waals surface area contributed by atoms with Gasteiger partial charge in [0.15, 0.2) is 0 Å². The maximum absolute atomic E-state index is 12.2. The Balaban J connectivity index is 3.30. The van der Waals surface area contributed by atoms with E-state index in [4.69, 9.17) is 0 Å². The van der Waals surface area contributed by atoms with Crippen molar-refractivity contribution in [2.24, 2.45) is 0 Å². The van der Waals surface area contributed by atoms with Crippen LogP contribution in [0.3, 0.4) is 0 Å². The second-order valence-corrected chi connectivity index (χ2v) is 16.4. The third kappa shape index (κ3) is 43.4. The molecule has 304 valence electrons. The van der Waals surface area contributed by atoms with Crippen LogP contribution in [0.15, 0.2) is 0 Å². The van der Waals surface area contributed by atoms with Crippen LogP contribution in [0.4, 0.5) is 0 Å². The smallest absolute Gasteiger partial charge is 0.220 e. The zero-order valence-electron chi connectivity index (χ0n) is 35.0. The molecule has 0 spiro atoms. The number of ketones is 1. The fourth-order valence-electron chi connectivity index (χ4n) is 7.48. The van der Waals surface area contributed by atoms with E-state index in [2.05, 4.69) is 19.2 Å². The average molecular weight is 720 g/mol. The maximum atomic E-state index is 12.2. The fraction of sp³-hybridized carbons (Fsp3) is 0.957. The molecule has 1 unspecified atom stereocenters. The van der Waals surface area contributed by atoms with Gasteiger partial charge in [-0.05, 0) is 25.7 Å². The van der Waals surface area contributed by atoms with Gasteiger partial charge in [-0.2, -0.15) is 0 Å². The summed E-state index contributed by atoms with van der Waals surface area (Å²) < 4.78 is 0. The van der Waals surface area contributed by atoms with Crippen molar-refractivity contribution >= 4 is 11.7 Å². The molecule has 0 radical (unpaired) electrons. The van der Waals surface area contributed by atoms with Crippen LogP contribution in [0, 0.1) is 0 Å². The van der Waals surface area contributed by atoms with E-state index >= 15 is 0 Å². The Morgan fingerprint density at radius 3 is 0.941 bits per heavy atom. The van der Waals surface area contributed by atoms with E-state index in [9.17, 15) is 14.7 Å². The molecule has 0 bridgehead atoms. The molecule has 0 aliphatic heterocycles. The molecule has 0 aromatic heterocycles. The molecule has 0 aromatic carbocycles. The van der Waals surface area contributed by atoms with Gasteiger partial charge in [0, 0.05) is 25.8 Å². The molecule has 0 aliphatic carbocycles. The first kappa shape index (κ1) is 50.1. The van der Waals surface area contributed by atoms with Crippen molar-refractivity contribution in [1.82, 2.24) is 5.32 Å². The van der Waals surface area contributed by atoms with Crippen LogP contribution >= 0.6 is 0 Å². The number of hydrogen-bond acceptors (Lipinski definition) is 3. The predicted molar refractivity (Wildman–Crippen MR) is 225 cm³/mol. The second kappa shape index (κ2) is 43.5. The monoisotopic (exact) mass is 720 g/mol. The third-order valence-electron chi connectivity index (χ3n) is 11.1. The van der Waals surface area contributed by atoms with Crippen LogP contribution < -0.4 is 5.32 Å². The number of rotatable bonds is 44. The van der Waals surface area contributed by atoms with Crippen molar-refractivity contribution in [1.29, 1.82) is 0 Å². The van der Waals surface area contributed by atoms with E-state index in [0.29, 0.717) is 18.7 Å². The van der Waals surface area contributed by atoms with E-state index in [0.717, 1.165) is 51.4 Å². The van der Waals surface area contributed by atoms with Crippen LogP contribution in [-0.2, 0) is 9.59 Å². The lowest BCUT2D eigenvalue weighted by atomic mass is 10.0. The van der Waals surface area contributed by atoms with Crippen LogP contribution in [0.1, 0.15) is 277 Å². The molecule has 0 aliphatic rings. The van der Waals surface area contributed by atoms with Crippen molar-refractivity contribution in [2.75, 3.05) is 6.54 Å². The summed E-state index contributed by atoms with van der Waals surface area (Å²) in [6.07, 6.45) is 51.1. The lowest BCUT2D eigenvalue weighted by Crippen LogP contribution is -2.31. The van der Waals surface area contributed by atoms with Crippen LogP contribution in [0.25, 0.3) is 0 Å². The molecule has 4 nitrogen and oxygen atoms in total. The number of amides is 1. The van der Waals surface area contributed by atoms with Gasteiger partial charge in [-0.15, -0.1) is 0 Å². The Morgan fingerprint density at radius 1 is 0.373 bits per heavy atom. The van der Waals surface area contributed by atoms with E-state index in [1.165, 1.54) is 205 Å². The van der Waals surface area contributed by atoms with E-state index in [-0.39, 0.29) is 5.91 Å². The molecule has 4 heteroatoms. The minimum Gasteiger partial charge on any atom is -0.391 e. The number of carbonyl (C=O) groups excluding carboxylic acids is 2. The summed E-state index contributed by atoms with van der Waals surface area (Å²) in [6, 6.07) is 0. The summed E-state index contributed by atoms with van der Waals surface area (Å²) in [5, 5.41) is 13.2. The highest BCUT2D eigenvalue weighted by Gasteiger charge is 2.07. The number of Topliss-reactive ketones (excluding diaryl/α,β-unsaturated/α-hetero) is 1. The van der Waals surface area contributed by atoms with Crippen molar-refractivity contribution < 1.29 is 14.7 Å². The molecule has 0 aromatic rings. The highest BCUT2D eigenvalue weighted by molar-refractivity contribution is 5.78. The first-order valence-electron chi connectivity index (χ1n) is 23.6. The standard InChI is InChI=1S/C47H93NO3/c1-3-5-7-9-11-13-15-16-17-22-26-30-34-38-42-46(50)44-48-47(51)43-39-35-31-27-23-19-18-21-25-29-33-37-41-45(49)40-36-32-28-24-20-14-12-10-8-6-4-2/h46,50H,3-44H2,1-2H3,(H,48,51). The molecule has 2 N–H and O–H groups in total. The SMILES string of the molecule is CCCCCCCCCCCCCCCCC(O)CNC(=O)CCCCCCCCCCCCCCC(=O)CCCCCCCCCCCCC. The van der Waals surface area contributed by atoms with E-state index in [1.54, 1.807) is 0 Å². The Kier molecular flexibility index (Phi) is 42.7. The minimum absolute atomic E-state index is 0.101. The van der Waals surface area contributed by atoms with Gasteiger partial charge in [-0.3, -0.25) is 9.59 Å². The summed E-state index contributed by atoms with van der Waals surface area (Å²) in [4.78, 5) is 24.3. The lowest BCUT2D eigenvalue weighted by molar-refractivity contribution is -0.121. The van der Waals surface area contributed by atoms with Gasteiger partial charge < -0.3 is 10.4 Å². The zero-order valence-corrected chi connectivity index (χ0v) is 35.0. The molecule has 0 rings (SSSR count). The Labute approximate surface area is 320 Å². The number of aliphatic hydroxyl groups excluding tert-OH is 1. The summed E-state index contributed by atoms with van der Waals surface area (Å²) >= 11 is 0. The van der Waals surface area contributed by atoms with Crippen molar-refractivity contribution in [3.8, 4) is 0 Å². The molecular weight excluding hydrogens is 627 g/mol. The van der Waals surface area contributed by atoms with Gasteiger partial charge in [0.25, 0.3) is 0 Å². The maximum Gasteiger partial charge on any atom is 0.220 e. The Hall–Kier alpha value is -0.900. The average Bonchev–Trinajstić information content (AvgIpc) is 3.13. The van der Waals surface area contributed by atoms with E-state index < -0.39 is 6.10 Å². The molecular formula is C47H93NO3. The second-order valence-electron chi connectivity index (χ2n) is 16.4. The topological polar surface area (TPSA) is 66.4 Å². The van der Waals surface area contributed by atoms with Crippen molar-refractivity contribution in [2.45, 2.75) is 283 Å². The molecule has 1 atom stereocenters. The van der Waals surface area contributed by atoms with Gasteiger partial charge >= 0.3 is 0 Å². The van der Waals surface area contributed by atoms with Crippen LogP contribution in [0.2, 0.25) is 0 Å². The Morgan fingerprint density at radius 2 is 0.627 bits per heavy atom. The molecule has 51 heavy (non-hydrogen) atoms. The fourth-order valence-corrected chi connectivity index (χ4v) is 7.48. The minimum atomic E-state index is -0.399. The summed E-state index contributed by atoms with van der Waals surface area (Å²) in [6.45, 7) is 4.97. The van der Waals surface area contributed by atoms with Gasteiger partial charge in [-0.1, -0.05) is 232 Å². The van der Waals surface area contributed by atoms with Crippen molar-refractivity contribution in [3.63, 3.8) is 0 Å². The van der Waals surface area contributed by atoms with Crippen LogP contribution in [-0.4, -0.2) is 29.4 Å². The van der Waals surface area contributed by atoms with Gasteiger partial charge in [0.1, 0.15) is 5.78 Å². The molecule has 0 saturated heterocycles. The quantitative estimate of drug-likeness (QED) is 0.0616. The number of hydrogen-bond donors (Lipinski definition) is 2. The van der Waals surface area contributed by atoms with E-state index in [1.807, 2.05) is 0 Å². The van der Waals surface area contributed by atoms with Gasteiger partial charge in [0.2, 0.25) is 5.91 Å². The highest BCUT2D eigenvalue weighted by Crippen LogP contribution is 2.16. The molecule has 0 fully saturated rings. The first-order valence-corrected chi connectivity index (χ1v) is 23.6. The summed E-state index contributed by atoms with van der Waals surface area (Å²) in [7, 11) is 0. The zero-order chi connectivity index (χ0) is 37.1. The van der Waals surface area contributed by atoms with Gasteiger partial charge in [0.05, 0.1) is 6.10 Å². The van der Waals surface area contributed by atoms with Crippen LogP contribution in [0.5, 0.6) is 0 Å². The van der Waals surface area contributed by atoms with Crippen molar-refractivity contribution in [3.05, 3.63) is 0 Å².